The summed E-state index contributed by atoms with van der Waals surface area (Å²) in [5, 5.41) is 16.2. The Hall–Kier alpha value is -2.63. The van der Waals surface area contributed by atoms with Crippen LogP contribution >= 0.6 is 0 Å². The first-order valence-corrected chi connectivity index (χ1v) is 8.16. The van der Waals surface area contributed by atoms with Crippen molar-refractivity contribution < 1.29 is 14.7 Å². The van der Waals surface area contributed by atoms with Gasteiger partial charge in [0.05, 0.1) is 23.1 Å². The van der Waals surface area contributed by atoms with Gasteiger partial charge in [0.2, 0.25) is 0 Å². The molecule has 2 rings (SSSR count). The topological polar surface area (TPSA) is 84.2 Å². The van der Waals surface area contributed by atoms with E-state index in [0.29, 0.717) is 24.8 Å². The summed E-state index contributed by atoms with van der Waals surface area (Å²) in [6.45, 7) is 5.82. The Bertz CT molecular complexity index is 737. The molecule has 0 fully saturated rings. The van der Waals surface area contributed by atoms with Gasteiger partial charge in [-0.25, -0.2) is 9.48 Å². The molecular formula is C18H23N3O3. The van der Waals surface area contributed by atoms with E-state index in [0.717, 1.165) is 16.9 Å². The minimum Gasteiger partial charge on any atom is -0.480 e. The molecule has 1 unspecified atom stereocenters. The summed E-state index contributed by atoms with van der Waals surface area (Å²) in [6.07, 6.45) is 3.20. The van der Waals surface area contributed by atoms with Gasteiger partial charge in [0.25, 0.3) is 5.91 Å². The Labute approximate surface area is 141 Å². The predicted molar refractivity (Wildman–Crippen MR) is 91.5 cm³/mol. The van der Waals surface area contributed by atoms with Gasteiger partial charge < -0.3 is 10.4 Å². The SMILES string of the molecule is CCCC(NC(=O)c1cnn(-c2ccccc2C)c1CC)C(=O)O. The number of carbonyl (C=O) groups excluding carboxylic acids is 1. The second-order valence-corrected chi connectivity index (χ2v) is 5.71. The van der Waals surface area contributed by atoms with Crippen molar-refractivity contribution in [1.29, 1.82) is 0 Å². The van der Waals surface area contributed by atoms with Crippen LogP contribution in [0.2, 0.25) is 0 Å². The highest BCUT2D eigenvalue weighted by molar-refractivity contribution is 5.97. The lowest BCUT2D eigenvalue weighted by Gasteiger charge is -2.14. The number of benzene rings is 1. The zero-order chi connectivity index (χ0) is 17.7. The molecule has 1 amide bonds. The summed E-state index contributed by atoms with van der Waals surface area (Å²) in [5.41, 5.74) is 3.15. The average molecular weight is 329 g/mol. The Morgan fingerprint density at radius 2 is 2.00 bits per heavy atom. The first-order valence-electron chi connectivity index (χ1n) is 8.16. The molecule has 1 atom stereocenters. The molecule has 1 aromatic heterocycles. The number of aliphatic carboxylic acids is 1. The molecule has 0 radical (unpaired) electrons. The average Bonchev–Trinajstić information content (AvgIpc) is 2.98. The molecule has 6 nitrogen and oxygen atoms in total. The van der Waals surface area contributed by atoms with Crippen LogP contribution in [0, 0.1) is 6.92 Å². The van der Waals surface area contributed by atoms with Gasteiger partial charge in [0, 0.05) is 0 Å². The molecule has 1 aromatic carbocycles. The van der Waals surface area contributed by atoms with Crippen molar-refractivity contribution in [3.63, 3.8) is 0 Å². The molecule has 2 aromatic rings. The largest absolute Gasteiger partial charge is 0.480 e. The summed E-state index contributed by atoms with van der Waals surface area (Å²) >= 11 is 0. The highest BCUT2D eigenvalue weighted by Crippen LogP contribution is 2.19. The fraction of sp³-hybridized carbons (Fsp3) is 0.389. The van der Waals surface area contributed by atoms with Crippen LogP contribution in [0.4, 0.5) is 0 Å². The van der Waals surface area contributed by atoms with Crippen molar-refractivity contribution in [3.8, 4) is 5.69 Å². The number of rotatable bonds is 7. The number of nitrogens with one attached hydrogen (secondary N) is 1. The summed E-state index contributed by atoms with van der Waals surface area (Å²) in [7, 11) is 0. The first kappa shape index (κ1) is 17.7. The molecular weight excluding hydrogens is 306 g/mol. The Balaban J connectivity index is 2.33. The van der Waals surface area contributed by atoms with E-state index in [4.69, 9.17) is 0 Å². The van der Waals surface area contributed by atoms with Crippen LogP contribution in [0.1, 0.15) is 48.3 Å². The maximum absolute atomic E-state index is 12.5. The van der Waals surface area contributed by atoms with Crippen molar-refractivity contribution in [2.45, 2.75) is 46.1 Å². The van der Waals surface area contributed by atoms with Gasteiger partial charge in [-0.15, -0.1) is 0 Å². The number of aromatic nitrogens is 2. The third-order valence-electron chi connectivity index (χ3n) is 3.97. The number of carboxylic acid groups (broad SMARTS) is 1. The van der Waals surface area contributed by atoms with Gasteiger partial charge in [-0.1, -0.05) is 38.5 Å². The van der Waals surface area contributed by atoms with Crippen molar-refractivity contribution in [1.82, 2.24) is 15.1 Å². The zero-order valence-corrected chi connectivity index (χ0v) is 14.2. The molecule has 0 aliphatic rings. The van der Waals surface area contributed by atoms with E-state index in [2.05, 4.69) is 10.4 Å². The highest BCUT2D eigenvalue weighted by atomic mass is 16.4. The van der Waals surface area contributed by atoms with E-state index >= 15 is 0 Å². The van der Waals surface area contributed by atoms with Crippen LogP contribution in [0.3, 0.4) is 0 Å². The molecule has 0 spiro atoms. The fourth-order valence-electron chi connectivity index (χ4n) is 2.69. The van der Waals surface area contributed by atoms with Crippen molar-refractivity contribution in [2.24, 2.45) is 0 Å². The van der Waals surface area contributed by atoms with E-state index in [9.17, 15) is 14.7 Å². The number of nitrogens with zero attached hydrogens (tertiary/aromatic N) is 2. The van der Waals surface area contributed by atoms with E-state index in [1.165, 1.54) is 6.20 Å². The van der Waals surface area contributed by atoms with Crippen molar-refractivity contribution >= 4 is 11.9 Å². The normalized spacial score (nSPS) is 12.0. The molecule has 0 aliphatic carbocycles. The Morgan fingerprint density at radius 1 is 1.29 bits per heavy atom. The second-order valence-electron chi connectivity index (χ2n) is 5.71. The van der Waals surface area contributed by atoms with Crippen molar-refractivity contribution in [3.05, 3.63) is 47.3 Å². The van der Waals surface area contributed by atoms with Gasteiger partial charge in [0.15, 0.2) is 0 Å². The minimum atomic E-state index is -1.02. The van der Waals surface area contributed by atoms with Crippen LogP contribution in [-0.4, -0.2) is 32.8 Å². The highest BCUT2D eigenvalue weighted by Gasteiger charge is 2.23. The Kier molecular flexibility index (Phi) is 5.73. The molecule has 0 saturated carbocycles. The van der Waals surface area contributed by atoms with Gasteiger partial charge in [-0.3, -0.25) is 4.79 Å². The lowest BCUT2D eigenvalue weighted by Crippen LogP contribution is -2.40. The summed E-state index contributed by atoms with van der Waals surface area (Å²) in [5.74, 6) is -1.41. The van der Waals surface area contributed by atoms with Crippen LogP contribution < -0.4 is 5.32 Å². The van der Waals surface area contributed by atoms with Gasteiger partial charge in [-0.2, -0.15) is 5.10 Å². The zero-order valence-electron chi connectivity index (χ0n) is 14.2. The number of hydrogen-bond donors (Lipinski definition) is 2. The summed E-state index contributed by atoms with van der Waals surface area (Å²) < 4.78 is 1.75. The number of hydrogen-bond acceptors (Lipinski definition) is 3. The first-order chi connectivity index (χ1) is 11.5. The molecule has 0 aliphatic heterocycles. The molecule has 6 heteroatoms. The third-order valence-corrected chi connectivity index (χ3v) is 3.97. The lowest BCUT2D eigenvalue weighted by molar-refractivity contribution is -0.139. The Morgan fingerprint density at radius 3 is 2.58 bits per heavy atom. The molecule has 2 N–H and O–H groups in total. The number of para-hydroxylation sites is 1. The molecule has 0 saturated heterocycles. The number of carboxylic acids is 1. The molecule has 0 bridgehead atoms. The fourth-order valence-corrected chi connectivity index (χ4v) is 2.69. The van der Waals surface area contributed by atoms with Crippen molar-refractivity contribution in [2.75, 3.05) is 0 Å². The summed E-state index contributed by atoms with van der Waals surface area (Å²) in [6, 6.07) is 6.92. The second kappa shape index (κ2) is 7.77. The third kappa shape index (κ3) is 3.64. The van der Waals surface area contributed by atoms with Crippen LogP contribution in [0.5, 0.6) is 0 Å². The predicted octanol–water partition coefficient (Wildman–Crippen LogP) is 2.73. The summed E-state index contributed by atoms with van der Waals surface area (Å²) in [4.78, 5) is 23.8. The molecule has 24 heavy (non-hydrogen) atoms. The lowest BCUT2D eigenvalue weighted by atomic mass is 10.1. The molecule has 1 heterocycles. The van der Waals surface area contributed by atoms with Crippen LogP contribution in [-0.2, 0) is 11.2 Å². The maximum Gasteiger partial charge on any atom is 0.326 e. The van der Waals surface area contributed by atoms with E-state index in [-0.39, 0.29) is 0 Å². The quantitative estimate of drug-likeness (QED) is 0.818. The van der Waals surface area contributed by atoms with Gasteiger partial charge in [0.1, 0.15) is 6.04 Å². The minimum absolute atomic E-state index is 0.396. The monoisotopic (exact) mass is 329 g/mol. The van der Waals surface area contributed by atoms with Gasteiger partial charge >= 0.3 is 5.97 Å². The van der Waals surface area contributed by atoms with E-state index in [1.54, 1.807) is 4.68 Å². The number of aryl methyl sites for hydroxylation is 1. The van der Waals surface area contributed by atoms with E-state index in [1.807, 2.05) is 45.0 Å². The van der Waals surface area contributed by atoms with Gasteiger partial charge in [-0.05, 0) is 31.4 Å². The van der Waals surface area contributed by atoms with Crippen LogP contribution in [0.25, 0.3) is 5.69 Å². The smallest absolute Gasteiger partial charge is 0.326 e. The number of amides is 1. The molecule has 128 valence electrons. The van der Waals surface area contributed by atoms with E-state index < -0.39 is 17.9 Å². The standard InChI is InChI=1S/C18H23N3O3/c1-4-8-14(18(23)24)20-17(22)13-11-19-21(15(13)5-2)16-10-7-6-9-12(16)3/h6-7,9-11,14H,4-5,8H2,1-3H3,(H,20,22)(H,23,24). The maximum atomic E-state index is 12.5. The van der Waals surface area contributed by atoms with Crippen LogP contribution in [0.15, 0.2) is 30.5 Å². The number of carbonyl (C=O) groups is 2.